The van der Waals surface area contributed by atoms with Crippen molar-refractivity contribution in [3.8, 4) is 0 Å². The van der Waals surface area contributed by atoms with Crippen LogP contribution in [0.15, 0.2) is 34.3 Å². The van der Waals surface area contributed by atoms with E-state index in [1.807, 2.05) is 0 Å². The second-order valence-corrected chi connectivity index (χ2v) is 4.63. The molecule has 0 fully saturated rings. The number of carbonyl (C=O) groups excluding carboxylic acids is 2. The summed E-state index contributed by atoms with van der Waals surface area (Å²) < 4.78 is 0. The molecule has 0 spiro atoms. The second-order valence-electron chi connectivity index (χ2n) is 4.63. The highest BCUT2D eigenvalue weighted by Gasteiger charge is 2.01. The largest absolute Gasteiger partial charge is 0.234 e. The van der Waals surface area contributed by atoms with Crippen molar-refractivity contribution in [2.45, 2.75) is 38.5 Å². The van der Waals surface area contributed by atoms with Crippen LogP contribution < -0.4 is 0 Å². The minimum Gasteiger partial charge on any atom is -0.211 e. The van der Waals surface area contributed by atoms with Gasteiger partial charge in [0.1, 0.15) is 0 Å². The van der Waals surface area contributed by atoms with Crippen molar-refractivity contribution < 1.29 is 9.59 Å². The van der Waals surface area contributed by atoms with Crippen molar-refractivity contribution >= 4 is 12.2 Å². The summed E-state index contributed by atoms with van der Waals surface area (Å²) in [4.78, 5) is 27.0. The lowest BCUT2D eigenvalue weighted by molar-refractivity contribution is 0.561. The van der Waals surface area contributed by atoms with E-state index in [1.54, 1.807) is 12.2 Å². The van der Waals surface area contributed by atoms with E-state index in [1.165, 1.54) is 11.1 Å². The smallest absolute Gasteiger partial charge is 0.211 e. The standard InChI is InChI=1S/C16H20N2O2/c19-13-17-11-5-3-9-15-7-1-2-8-16(15)10-4-6-12-18-14-20/h1-2,7-8H,3-6,9-12H2. The molecule has 0 saturated heterocycles. The Kier molecular flexibility index (Phi) is 8.71. The highest BCUT2D eigenvalue weighted by atomic mass is 16.1. The van der Waals surface area contributed by atoms with Gasteiger partial charge in [-0.3, -0.25) is 0 Å². The minimum absolute atomic E-state index is 0.565. The molecule has 0 aliphatic heterocycles. The molecular formula is C16H20N2O2. The van der Waals surface area contributed by atoms with Crippen molar-refractivity contribution in [1.29, 1.82) is 0 Å². The molecule has 0 aliphatic carbocycles. The Morgan fingerprint density at radius 1 is 0.750 bits per heavy atom. The highest BCUT2D eigenvalue weighted by Crippen LogP contribution is 2.15. The summed E-state index contributed by atoms with van der Waals surface area (Å²) in [6.07, 6.45) is 9.02. The number of aliphatic imine (C=N–C) groups is 2. The molecule has 4 heteroatoms. The molecule has 0 radical (unpaired) electrons. The van der Waals surface area contributed by atoms with Gasteiger partial charge >= 0.3 is 0 Å². The molecular weight excluding hydrogens is 252 g/mol. The zero-order valence-electron chi connectivity index (χ0n) is 11.7. The first-order valence-electron chi connectivity index (χ1n) is 7.02. The van der Waals surface area contributed by atoms with Crippen LogP contribution in [0.5, 0.6) is 0 Å². The lowest BCUT2D eigenvalue weighted by Crippen LogP contribution is -1.96. The number of isocyanates is 2. The highest BCUT2D eigenvalue weighted by molar-refractivity contribution is 5.33. The first kappa shape index (κ1) is 16.0. The monoisotopic (exact) mass is 272 g/mol. The topological polar surface area (TPSA) is 58.9 Å². The lowest BCUT2D eigenvalue weighted by atomic mass is 9.98. The molecule has 20 heavy (non-hydrogen) atoms. The molecule has 0 heterocycles. The van der Waals surface area contributed by atoms with Crippen LogP contribution in [0.3, 0.4) is 0 Å². The number of rotatable bonds is 10. The summed E-state index contributed by atoms with van der Waals surface area (Å²) in [7, 11) is 0. The van der Waals surface area contributed by atoms with Gasteiger partial charge in [-0.15, -0.1) is 0 Å². The molecule has 0 bridgehead atoms. The number of benzene rings is 1. The van der Waals surface area contributed by atoms with Crippen LogP contribution in [-0.4, -0.2) is 25.2 Å². The van der Waals surface area contributed by atoms with E-state index in [4.69, 9.17) is 0 Å². The van der Waals surface area contributed by atoms with E-state index in [2.05, 4.69) is 34.3 Å². The van der Waals surface area contributed by atoms with Crippen LogP contribution in [0, 0.1) is 0 Å². The quantitative estimate of drug-likeness (QED) is 0.373. The normalized spacial score (nSPS) is 9.60. The third kappa shape index (κ3) is 6.79. The number of nitrogens with zero attached hydrogens (tertiary/aromatic N) is 2. The van der Waals surface area contributed by atoms with Gasteiger partial charge in [-0.1, -0.05) is 24.3 Å². The van der Waals surface area contributed by atoms with Crippen molar-refractivity contribution in [2.75, 3.05) is 13.1 Å². The third-order valence-electron chi connectivity index (χ3n) is 3.18. The van der Waals surface area contributed by atoms with Crippen LogP contribution in [-0.2, 0) is 22.4 Å². The van der Waals surface area contributed by atoms with Gasteiger partial charge in [-0.2, -0.15) is 0 Å². The predicted octanol–water partition coefficient (Wildman–Crippen LogP) is 3.00. The van der Waals surface area contributed by atoms with E-state index in [0.29, 0.717) is 13.1 Å². The van der Waals surface area contributed by atoms with E-state index in [0.717, 1.165) is 38.5 Å². The first-order chi connectivity index (χ1) is 9.88. The van der Waals surface area contributed by atoms with Crippen LogP contribution >= 0.6 is 0 Å². The Labute approximate surface area is 119 Å². The summed E-state index contributed by atoms with van der Waals surface area (Å²) in [5.74, 6) is 0. The van der Waals surface area contributed by atoms with E-state index in [9.17, 15) is 9.59 Å². The molecule has 1 rings (SSSR count). The van der Waals surface area contributed by atoms with Crippen molar-refractivity contribution in [1.82, 2.24) is 0 Å². The predicted molar refractivity (Wildman–Crippen MR) is 78.3 cm³/mol. The van der Waals surface area contributed by atoms with E-state index >= 15 is 0 Å². The van der Waals surface area contributed by atoms with Gasteiger partial charge in [0.05, 0.1) is 13.1 Å². The SMILES string of the molecule is O=C=NCCCCc1ccccc1CCCCN=C=O. The maximum atomic E-state index is 9.96. The zero-order chi connectivity index (χ0) is 14.5. The van der Waals surface area contributed by atoms with Gasteiger partial charge in [0.2, 0.25) is 12.2 Å². The average Bonchev–Trinajstić information content (AvgIpc) is 2.48. The molecule has 106 valence electrons. The van der Waals surface area contributed by atoms with Gasteiger partial charge in [0.25, 0.3) is 0 Å². The van der Waals surface area contributed by atoms with Gasteiger partial charge in [0.15, 0.2) is 0 Å². The lowest BCUT2D eigenvalue weighted by Gasteiger charge is -2.08. The zero-order valence-corrected chi connectivity index (χ0v) is 11.7. The van der Waals surface area contributed by atoms with Crippen LogP contribution in [0.1, 0.15) is 36.8 Å². The summed E-state index contributed by atoms with van der Waals surface area (Å²) in [6.45, 7) is 1.13. The number of hydrogen-bond acceptors (Lipinski definition) is 4. The van der Waals surface area contributed by atoms with Crippen molar-refractivity contribution in [3.63, 3.8) is 0 Å². The van der Waals surface area contributed by atoms with Crippen LogP contribution in [0.2, 0.25) is 0 Å². The fraction of sp³-hybridized carbons (Fsp3) is 0.500. The summed E-state index contributed by atoms with van der Waals surface area (Å²) >= 11 is 0. The molecule has 1 aromatic rings. The second kappa shape index (κ2) is 10.9. The molecule has 4 nitrogen and oxygen atoms in total. The molecule has 0 saturated carbocycles. The Morgan fingerprint density at radius 2 is 1.20 bits per heavy atom. The average molecular weight is 272 g/mol. The Morgan fingerprint density at radius 3 is 1.60 bits per heavy atom. The number of aryl methyl sites for hydroxylation is 2. The Bertz CT molecular complexity index is 442. The Balaban J connectivity index is 2.38. The molecule has 0 aliphatic rings. The Hall–Kier alpha value is -2.02. The molecule has 0 amide bonds. The van der Waals surface area contributed by atoms with Crippen molar-refractivity contribution in [3.05, 3.63) is 35.4 Å². The van der Waals surface area contributed by atoms with E-state index < -0.39 is 0 Å². The van der Waals surface area contributed by atoms with Gasteiger partial charge in [-0.05, 0) is 49.7 Å². The van der Waals surface area contributed by atoms with Crippen LogP contribution in [0.4, 0.5) is 0 Å². The van der Waals surface area contributed by atoms with Crippen molar-refractivity contribution in [2.24, 2.45) is 9.98 Å². The van der Waals surface area contributed by atoms with E-state index in [-0.39, 0.29) is 0 Å². The van der Waals surface area contributed by atoms with Gasteiger partial charge in [0, 0.05) is 0 Å². The maximum Gasteiger partial charge on any atom is 0.234 e. The van der Waals surface area contributed by atoms with Gasteiger partial charge in [-0.25, -0.2) is 19.6 Å². The summed E-state index contributed by atoms with van der Waals surface area (Å²) in [6, 6.07) is 8.42. The maximum absolute atomic E-state index is 9.96. The fourth-order valence-corrected chi connectivity index (χ4v) is 2.15. The summed E-state index contributed by atoms with van der Waals surface area (Å²) in [5, 5.41) is 0. The molecule has 1 aromatic carbocycles. The van der Waals surface area contributed by atoms with Gasteiger partial charge < -0.3 is 0 Å². The minimum atomic E-state index is 0.565. The van der Waals surface area contributed by atoms with Crippen LogP contribution in [0.25, 0.3) is 0 Å². The first-order valence-corrected chi connectivity index (χ1v) is 7.02. The molecule has 0 atom stereocenters. The molecule has 0 N–H and O–H groups in total. The number of hydrogen-bond donors (Lipinski definition) is 0. The number of unbranched alkanes of at least 4 members (excludes halogenated alkanes) is 2. The third-order valence-corrected chi connectivity index (χ3v) is 3.18. The molecule has 0 unspecified atom stereocenters. The molecule has 0 aromatic heterocycles. The fourth-order valence-electron chi connectivity index (χ4n) is 2.15. The summed E-state index contributed by atoms with van der Waals surface area (Å²) in [5.41, 5.74) is 2.72.